The molecule has 0 aromatic heterocycles. The van der Waals surface area contributed by atoms with Crippen LogP contribution >= 0.6 is 15.9 Å². The van der Waals surface area contributed by atoms with Crippen LogP contribution in [0.3, 0.4) is 0 Å². The van der Waals surface area contributed by atoms with Crippen LogP contribution in [-0.2, 0) is 4.74 Å². The molecular formula is C12H15BrFNO3. The van der Waals surface area contributed by atoms with E-state index in [2.05, 4.69) is 15.9 Å². The second-order valence-electron chi connectivity index (χ2n) is 3.92. The fraction of sp³-hybridized carbons (Fsp3) is 0.417. The van der Waals surface area contributed by atoms with Gasteiger partial charge in [-0.3, -0.25) is 4.79 Å². The smallest absolute Gasteiger partial charge is 0.256 e. The van der Waals surface area contributed by atoms with Gasteiger partial charge in [-0.1, -0.05) is 15.9 Å². The molecule has 0 aliphatic heterocycles. The molecule has 1 aromatic carbocycles. The predicted octanol–water partition coefficient (Wildman–Crippen LogP) is 1.67. The van der Waals surface area contributed by atoms with Gasteiger partial charge in [-0.05, 0) is 18.2 Å². The molecular weight excluding hydrogens is 305 g/mol. The van der Waals surface area contributed by atoms with Crippen molar-refractivity contribution in [3.8, 4) is 0 Å². The first-order valence-electron chi connectivity index (χ1n) is 5.33. The van der Waals surface area contributed by atoms with E-state index in [4.69, 9.17) is 4.74 Å². The lowest BCUT2D eigenvalue weighted by Gasteiger charge is -2.20. The maximum Gasteiger partial charge on any atom is 0.256 e. The van der Waals surface area contributed by atoms with Crippen LogP contribution in [0.15, 0.2) is 22.7 Å². The Balaban J connectivity index is 2.74. The lowest BCUT2D eigenvalue weighted by molar-refractivity contribution is 0.0378. The zero-order valence-electron chi connectivity index (χ0n) is 10.2. The van der Waals surface area contributed by atoms with Crippen molar-refractivity contribution in [2.45, 2.75) is 6.10 Å². The number of amides is 1. The molecule has 1 N–H and O–H groups in total. The zero-order valence-corrected chi connectivity index (χ0v) is 11.8. The lowest BCUT2D eigenvalue weighted by atomic mass is 10.2. The van der Waals surface area contributed by atoms with Crippen LogP contribution in [0.2, 0.25) is 0 Å². The lowest BCUT2D eigenvalue weighted by Crippen LogP contribution is -2.36. The second-order valence-corrected chi connectivity index (χ2v) is 4.83. The monoisotopic (exact) mass is 319 g/mol. The van der Waals surface area contributed by atoms with Crippen LogP contribution in [0.1, 0.15) is 10.4 Å². The Bertz CT molecular complexity index is 428. The highest BCUT2D eigenvalue weighted by Crippen LogP contribution is 2.16. The number of aliphatic hydroxyl groups is 1. The Morgan fingerprint density at radius 2 is 2.28 bits per heavy atom. The topological polar surface area (TPSA) is 49.8 Å². The maximum absolute atomic E-state index is 13.6. The molecule has 18 heavy (non-hydrogen) atoms. The van der Waals surface area contributed by atoms with Gasteiger partial charge in [0.2, 0.25) is 0 Å². The fourth-order valence-corrected chi connectivity index (χ4v) is 1.85. The van der Waals surface area contributed by atoms with Crippen molar-refractivity contribution in [2.75, 3.05) is 27.3 Å². The van der Waals surface area contributed by atoms with Crippen molar-refractivity contribution >= 4 is 21.8 Å². The fourth-order valence-electron chi connectivity index (χ4n) is 1.51. The second kappa shape index (κ2) is 6.82. The van der Waals surface area contributed by atoms with Gasteiger partial charge in [-0.15, -0.1) is 0 Å². The maximum atomic E-state index is 13.6. The van der Waals surface area contributed by atoms with E-state index in [1.807, 2.05) is 0 Å². The summed E-state index contributed by atoms with van der Waals surface area (Å²) in [6.07, 6.45) is -0.789. The summed E-state index contributed by atoms with van der Waals surface area (Å²) < 4.78 is 18.9. The molecule has 0 heterocycles. The Morgan fingerprint density at radius 3 is 2.83 bits per heavy atom. The molecule has 0 spiro atoms. The molecule has 1 aromatic rings. The van der Waals surface area contributed by atoms with Crippen LogP contribution in [0, 0.1) is 5.82 Å². The highest BCUT2D eigenvalue weighted by Gasteiger charge is 2.18. The summed E-state index contributed by atoms with van der Waals surface area (Å²) in [6.45, 7) is 0.211. The number of rotatable bonds is 5. The number of carbonyl (C=O) groups excluding carboxylic acids is 1. The number of halogens is 2. The number of ether oxygens (including phenoxy) is 1. The third kappa shape index (κ3) is 4.04. The van der Waals surface area contributed by atoms with Gasteiger partial charge < -0.3 is 14.7 Å². The summed E-state index contributed by atoms with van der Waals surface area (Å²) in [5, 5.41) is 9.51. The van der Waals surface area contributed by atoms with Crippen molar-refractivity contribution in [3.05, 3.63) is 34.1 Å². The molecule has 0 bridgehead atoms. The molecule has 0 saturated heterocycles. The summed E-state index contributed by atoms with van der Waals surface area (Å²) in [5.74, 6) is -1.07. The zero-order chi connectivity index (χ0) is 13.7. The van der Waals surface area contributed by atoms with Gasteiger partial charge >= 0.3 is 0 Å². The van der Waals surface area contributed by atoms with Crippen LogP contribution < -0.4 is 0 Å². The van der Waals surface area contributed by atoms with Crippen LogP contribution in [0.5, 0.6) is 0 Å². The van der Waals surface area contributed by atoms with Crippen LogP contribution in [-0.4, -0.2) is 49.3 Å². The van der Waals surface area contributed by atoms with Crippen molar-refractivity contribution in [1.29, 1.82) is 0 Å². The summed E-state index contributed by atoms with van der Waals surface area (Å²) in [4.78, 5) is 13.2. The molecule has 1 atom stereocenters. The predicted molar refractivity (Wildman–Crippen MR) is 68.9 cm³/mol. The number of methoxy groups -OCH3 is 1. The number of hydrogen-bond donors (Lipinski definition) is 1. The number of aliphatic hydroxyl groups excluding tert-OH is 1. The molecule has 0 radical (unpaired) electrons. The van der Waals surface area contributed by atoms with Gasteiger partial charge in [-0.25, -0.2) is 4.39 Å². The van der Waals surface area contributed by atoms with Crippen LogP contribution in [0.25, 0.3) is 0 Å². The largest absolute Gasteiger partial charge is 0.389 e. The van der Waals surface area contributed by atoms with Gasteiger partial charge in [0, 0.05) is 25.2 Å². The van der Waals surface area contributed by atoms with Gasteiger partial charge in [0.1, 0.15) is 5.82 Å². The summed E-state index contributed by atoms with van der Waals surface area (Å²) in [5.41, 5.74) is -0.0229. The quantitative estimate of drug-likeness (QED) is 0.898. The van der Waals surface area contributed by atoms with Crippen molar-refractivity contribution in [1.82, 2.24) is 4.90 Å². The van der Waals surface area contributed by atoms with Gasteiger partial charge in [-0.2, -0.15) is 0 Å². The van der Waals surface area contributed by atoms with Gasteiger partial charge in [0.05, 0.1) is 18.3 Å². The molecule has 6 heteroatoms. The summed E-state index contributed by atoms with van der Waals surface area (Å²) >= 11 is 3.12. The van der Waals surface area contributed by atoms with Crippen LogP contribution in [0.4, 0.5) is 4.39 Å². The van der Waals surface area contributed by atoms with E-state index < -0.39 is 17.8 Å². The van der Waals surface area contributed by atoms with Crippen molar-refractivity contribution < 1.29 is 19.0 Å². The number of hydrogen-bond acceptors (Lipinski definition) is 3. The highest BCUT2D eigenvalue weighted by molar-refractivity contribution is 9.10. The van der Waals surface area contributed by atoms with E-state index >= 15 is 0 Å². The molecule has 1 rings (SSSR count). The van der Waals surface area contributed by atoms with E-state index in [1.54, 1.807) is 6.07 Å². The van der Waals surface area contributed by atoms with Gasteiger partial charge in [0.25, 0.3) is 5.91 Å². The SMILES string of the molecule is COCC(O)CN(C)C(=O)c1ccc(Br)cc1F. The normalized spacial score (nSPS) is 12.3. The first kappa shape index (κ1) is 15.1. The minimum absolute atomic E-state index is 0.0229. The van der Waals surface area contributed by atoms with E-state index in [-0.39, 0.29) is 18.7 Å². The molecule has 4 nitrogen and oxygen atoms in total. The minimum atomic E-state index is -0.789. The molecule has 1 unspecified atom stereocenters. The molecule has 0 saturated carbocycles. The number of benzene rings is 1. The minimum Gasteiger partial charge on any atom is -0.389 e. The summed E-state index contributed by atoms with van der Waals surface area (Å²) in [7, 11) is 2.96. The van der Waals surface area contributed by atoms with E-state index in [9.17, 15) is 14.3 Å². The first-order valence-corrected chi connectivity index (χ1v) is 6.12. The number of likely N-dealkylation sites (N-methyl/N-ethyl adjacent to an activating group) is 1. The van der Waals surface area contributed by atoms with E-state index in [0.717, 1.165) is 0 Å². The first-order chi connectivity index (χ1) is 8.45. The van der Waals surface area contributed by atoms with E-state index in [1.165, 1.54) is 31.2 Å². The molecule has 1 amide bonds. The third-order valence-electron chi connectivity index (χ3n) is 2.35. The Hall–Kier alpha value is -0.980. The average molecular weight is 320 g/mol. The number of nitrogens with zero attached hydrogens (tertiary/aromatic N) is 1. The molecule has 0 aliphatic rings. The molecule has 0 aliphatic carbocycles. The summed E-state index contributed by atoms with van der Waals surface area (Å²) in [6, 6.07) is 4.23. The Labute approximate surface area is 113 Å². The van der Waals surface area contributed by atoms with Gasteiger partial charge in [0.15, 0.2) is 0 Å². The molecule has 100 valence electrons. The Morgan fingerprint density at radius 1 is 1.61 bits per heavy atom. The highest BCUT2D eigenvalue weighted by atomic mass is 79.9. The Kier molecular flexibility index (Phi) is 5.71. The van der Waals surface area contributed by atoms with Crippen molar-refractivity contribution in [3.63, 3.8) is 0 Å². The van der Waals surface area contributed by atoms with Crippen molar-refractivity contribution in [2.24, 2.45) is 0 Å². The standard InChI is InChI=1S/C12H15BrFNO3/c1-15(6-9(16)7-18-2)12(17)10-4-3-8(13)5-11(10)14/h3-5,9,16H,6-7H2,1-2H3. The average Bonchev–Trinajstić information content (AvgIpc) is 2.28. The third-order valence-corrected chi connectivity index (χ3v) is 2.85. The molecule has 0 fully saturated rings. The number of carbonyl (C=O) groups is 1. The van der Waals surface area contributed by atoms with E-state index in [0.29, 0.717) is 4.47 Å².